The molecule has 3 aromatic heterocycles. The summed E-state index contributed by atoms with van der Waals surface area (Å²) in [5, 5.41) is 3.95. The maximum Gasteiger partial charge on any atom is 0.223 e. The second-order valence-electron chi connectivity index (χ2n) is 8.34. The number of rotatable bonds is 6. The lowest BCUT2D eigenvalue weighted by Gasteiger charge is -2.18. The highest BCUT2D eigenvalue weighted by atomic mass is 16.5. The van der Waals surface area contributed by atoms with E-state index in [0.29, 0.717) is 47.7 Å². The van der Waals surface area contributed by atoms with Gasteiger partial charge in [0.1, 0.15) is 17.2 Å². The molecule has 0 bridgehead atoms. The molecule has 1 aliphatic heterocycles. The van der Waals surface area contributed by atoms with Gasteiger partial charge in [-0.3, -0.25) is 9.78 Å². The predicted molar refractivity (Wildman–Crippen MR) is 126 cm³/mol. The summed E-state index contributed by atoms with van der Waals surface area (Å²) in [6.07, 6.45) is 6.35. The van der Waals surface area contributed by atoms with Crippen LogP contribution in [0.5, 0.6) is 11.5 Å². The van der Waals surface area contributed by atoms with Crippen LogP contribution in [0.2, 0.25) is 0 Å². The summed E-state index contributed by atoms with van der Waals surface area (Å²) >= 11 is 0. The Labute approximate surface area is 200 Å². The van der Waals surface area contributed by atoms with Crippen LogP contribution in [0.3, 0.4) is 0 Å². The number of hydrogen-bond donors (Lipinski definition) is 1. The molecule has 0 unspecified atom stereocenters. The minimum Gasteiger partial charge on any atom is -0.457 e. The number of likely N-dealkylation sites (tertiary alicyclic amines) is 1. The maximum atomic E-state index is 12.3. The normalized spacial score (nSPS) is 13.6. The minimum absolute atomic E-state index is 0.153. The van der Waals surface area contributed by atoms with Crippen molar-refractivity contribution < 1.29 is 14.1 Å². The second-order valence-corrected chi connectivity index (χ2v) is 8.34. The van der Waals surface area contributed by atoms with Gasteiger partial charge in [-0.2, -0.15) is 4.98 Å². The molecule has 174 valence electrons. The number of amides is 1. The quantitative estimate of drug-likeness (QED) is 0.392. The van der Waals surface area contributed by atoms with Gasteiger partial charge >= 0.3 is 0 Å². The van der Waals surface area contributed by atoms with E-state index in [-0.39, 0.29) is 5.91 Å². The SMILES string of the molecule is Cc1nc(-c2ccc(Oc3cc4nc(-c5cnccn5)[nH]c4cc3CN3CCCC3=O)cc2)no1. The number of carbonyl (C=O) groups excluding carboxylic acids is 1. The highest BCUT2D eigenvalue weighted by molar-refractivity contribution is 5.82. The Hall–Kier alpha value is -4.60. The van der Waals surface area contributed by atoms with E-state index in [1.165, 1.54) is 0 Å². The van der Waals surface area contributed by atoms with Gasteiger partial charge < -0.3 is 19.1 Å². The van der Waals surface area contributed by atoms with E-state index >= 15 is 0 Å². The smallest absolute Gasteiger partial charge is 0.223 e. The van der Waals surface area contributed by atoms with Crippen molar-refractivity contribution in [2.24, 2.45) is 0 Å². The van der Waals surface area contributed by atoms with Crippen LogP contribution in [-0.2, 0) is 11.3 Å². The average Bonchev–Trinajstić information content (AvgIpc) is 3.60. The van der Waals surface area contributed by atoms with Crippen molar-refractivity contribution in [3.8, 4) is 34.4 Å². The Morgan fingerprint density at radius 2 is 2.03 bits per heavy atom. The fourth-order valence-electron chi connectivity index (χ4n) is 4.14. The standard InChI is InChI=1S/C25H21N7O3/c1-15-28-24(31-35-15)16-4-6-18(7-5-16)34-22-12-20-19(11-17(22)14-32-10-2-3-23(32)33)29-25(30-20)21-13-26-8-9-27-21/h4-9,11-13H,2-3,10,14H2,1H3,(H,29,30). The molecule has 1 saturated heterocycles. The summed E-state index contributed by atoms with van der Waals surface area (Å²) < 4.78 is 11.4. The van der Waals surface area contributed by atoms with Crippen LogP contribution in [0.25, 0.3) is 33.9 Å². The van der Waals surface area contributed by atoms with Gasteiger partial charge in [0.05, 0.1) is 17.2 Å². The molecule has 35 heavy (non-hydrogen) atoms. The van der Waals surface area contributed by atoms with Crippen molar-refractivity contribution >= 4 is 16.9 Å². The maximum absolute atomic E-state index is 12.3. The number of imidazole rings is 1. The van der Waals surface area contributed by atoms with Crippen molar-refractivity contribution in [2.75, 3.05) is 6.54 Å². The van der Waals surface area contributed by atoms with Crippen LogP contribution in [0.15, 0.2) is 59.5 Å². The Morgan fingerprint density at radius 3 is 2.74 bits per heavy atom. The first kappa shape index (κ1) is 21.0. The summed E-state index contributed by atoms with van der Waals surface area (Å²) in [5.41, 5.74) is 3.93. The van der Waals surface area contributed by atoms with Crippen LogP contribution in [-0.4, -0.2) is 47.4 Å². The predicted octanol–water partition coefficient (Wildman–Crippen LogP) is 4.29. The third-order valence-corrected chi connectivity index (χ3v) is 5.87. The molecule has 5 aromatic rings. The molecule has 2 aromatic carbocycles. The lowest BCUT2D eigenvalue weighted by atomic mass is 10.1. The number of carbonyl (C=O) groups is 1. The monoisotopic (exact) mass is 467 g/mol. The molecule has 10 nitrogen and oxygen atoms in total. The number of aromatic amines is 1. The molecule has 10 heteroatoms. The molecule has 1 amide bonds. The number of aryl methyl sites for hydroxylation is 1. The van der Waals surface area contributed by atoms with E-state index in [9.17, 15) is 4.79 Å². The fourth-order valence-corrected chi connectivity index (χ4v) is 4.14. The first-order valence-corrected chi connectivity index (χ1v) is 11.3. The van der Waals surface area contributed by atoms with E-state index in [4.69, 9.17) is 9.26 Å². The first-order valence-electron chi connectivity index (χ1n) is 11.3. The van der Waals surface area contributed by atoms with Crippen molar-refractivity contribution in [1.82, 2.24) is 35.0 Å². The zero-order chi connectivity index (χ0) is 23.8. The number of aromatic nitrogens is 6. The lowest BCUT2D eigenvalue weighted by molar-refractivity contribution is -0.128. The van der Waals surface area contributed by atoms with Gasteiger partial charge in [-0.05, 0) is 36.8 Å². The van der Waals surface area contributed by atoms with E-state index in [1.54, 1.807) is 25.5 Å². The third-order valence-electron chi connectivity index (χ3n) is 5.87. The van der Waals surface area contributed by atoms with Gasteiger partial charge in [0.2, 0.25) is 17.6 Å². The molecule has 1 fully saturated rings. The van der Waals surface area contributed by atoms with E-state index in [0.717, 1.165) is 35.1 Å². The van der Waals surface area contributed by atoms with Crippen molar-refractivity contribution in [3.05, 3.63) is 66.4 Å². The molecular weight excluding hydrogens is 446 g/mol. The Bertz CT molecular complexity index is 1510. The highest BCUT2D eigenvalue weighted by Crippen LogP contribution is 2.33. The van der Waals surface area contributed by atoms with Crippen LogP contribution in [0, 0.1) is 6.92 Å². The topological polar surface area (TPSA) is 123 Å². The Morgan fingerprint density at radius 1 is 1.14 bits per heavy atom. The summed E-state index contributed by atoms with van der Waals surface area (Å²) in [7, 11) is 0. The molecule has 6 rings (SSSR count). The van der Waals surface area contributed by atoms with Crippen molar-refractivity contribution in [3.63, 3.8) is 0 Å². The summed E-state index contributed by atoms with van der Waals surface area (Å²) in [4.78, 5) is 34.9. The van der Waals surface area contributed by atoms with Crippen LogP contribution < -0.4 is 4.74 Å². The molecule has 0 aliphatic carbocycles. The molecule has 0 radical (unpaired) electrons. The molecule has 1 aliphatic rings. The summed E-state index contributed by atoms with van der Waals surface area (Å²) in [6.45, 7) is 2.95. The minimum atomic E-state index is 0.153. The molecule has 0 saturated carbocycles. The van der Waals surface area contributed by atoms with Gasteiger partial charge in [0.25, 0.3) is 0 Å². The Kier molecular flexibility index (Phi) is 5.17. The molecule has 0 spiro atoms. The van der Waals surface area contributed by atoms with Crippen LogP contribution in [0.1, 0.15) is 24.3 Å². The fraction of sp³-hybridized carbons (Fsp3) is 0.200. The summed E-state index contributed by atoms with van der Waals surface area (Å²) in [5.74, 6) is 3.09. The molecule has 0 atom stereocenters. The summed E-state index contributed by atoms with van der Waals surface area (Å²) in [6, 6.07) is 11.3. The largest absolute Gasteiger partial charge is 0.457 e. The van der Waals surface area contributed by atoms with Crippen LogP contribution >= 0.6 is 0 Å². The number of nitrogens with zero attached hydrogens (tertiary/aromatic N) is 6. The molecule has 4 heterocycles. The zero-order valence-electron chi connectivity index (χ0n) is 18.9. The average molecular weight is 467 g/mol. The molecular formula is C25H21N7O3. The highest BCUT2D eigenvalue weighted by Gasteiger charge is 2.22. The number of fused-ring (bicyclic) bond motifs is 1. The van der Waals surface area contributed by atoms with Gasteiger partial charge in [0.15, 0.2) is 5.82 Å². The Balaban J connectivity index is 1.35. The van der Waals surface area contributed by atoms with Crippen molar-refractivity contribution in [2.45, 2.75) is 26.3 Å². The van der Waals surface area contributed by atoms with Gasteiger partial charge in [0, 0.05) is 56.0 Å². The number of nitrogens with one attached hydrogen (secondary N) is 1. The van der Waals surface area contributed by atoms with Crippen LogP contribution in [0.4, 0.5) is 0 Å². The van der Waals surface area contributed by atoms with Gasteiger partial charge in [-0.1, -0.05) is 5.16 Å². The van der Waals surface area contributed by atoms with Gasteiger partial charge in [-0.15, -0.1) is 0 Å². The zero-order valence-corrected chi connectivity index (χ0v) is 18.9. The van der Waals surface area contributed by atoms with Gasteiger partial charge in [-0.25, -0.2) is 9.97 Å². The molecule has 1 N–H and O–H groups in total. The second kappa shape index (κ2) is 8.64. The number of benzene rings is 2. The third kappa shape index (κ3) is 4.21. The van der Waals surface area contributed by atoms with E-state index in [1.807, 2.05) is 41.3 Å². The van der Waals surface area contributed by atoms with E-state index < -0.39 is 0 Å². The number of H-pyrrole nitrogens is 1. The number of hydrogen-bond acceptors (Lipinski definition) is 8. The lowest BCUT2D eigenvalue weighted by Crippen LogP contribution is -2.24. The number of ether oxygens (including phenoxy) is 1. The van der Waals surface area contributed by atoms with E-state index in [2.05, 4.69) is 30.1 Å². The van der Waals surface area contributed by atoms with Crippen molar-refractivity contribution in [1.29, 1.82) is 0 Å². The first-order chi connectivity index (χ1) is 17.1.